The van der Waals surface area contributed by atoms with E-state index in [1.165, 1.54) is 12.8 Å². The van der Waals surface area contributed by atoms with Crippen molar-refractivity contribution in [3.8, 4) is 0 Å². The van der Waals surface area contributed by atoms with Crippen LogP contribution in [-0.4, -0.2) is 47.2 Å². The van der Waals surface area contributed by atoms with Crippen molar-refractivity contribution < 1.29 is 9.90 Å². The fraction of sp³-hybridized carbons (Fsp3) is 0.929. The van der Waals surface area contributed by atoms with Gasteiger partial charge in [0.1, 0.15) is 5.54 Å². The van der Waals surface area contributed by atoms with Crippen LogP contribution in [0.5, 0.6) is 0 Å². The smallest absolute Gasteiger partial charge is 0.323 e. The summed E-state index contributed by atoms with van der Waals surface area (Å²) in [7, 11) is 0. The summed E-state index contributed by atoms with van der Waals surface area (Å²) in [6, 6.07) is 0.313. The van der Waals surface area contributed by atoms with E-state index in [2.05, 4.69) is 24.1 Å². The molecule has 1 aliphatic rings. The number of rotatable bonds is 6. The normalized spacial score (nSPS) is 26.6. The molecule has 0 radical (unpaired) electrons. The molecule has 0 aromatic carbocycles. The second-order valence-electron chi connectivity index (χ2n) is 5.96. The quantitative estimate of drug-likeness (QED) is 0.762. The van der Waals surface area contributed by atoms with Crippen molar-refractivity contribution in [2.75, 3.05) is 19.6 Å². The van der Waals surface area contributed by atoms with Gasteiger partial charge in [-0.25, -0.2) is 0 Å². The summed E-state index contributed by atoms with van der Waals surface area (Å²) in [6.45, 7) is 11.1. The zero-order valence-electron chi connectivity index (χ0n) is 12.2. The van der Waals surface area contributed by atoms with Gasteiger partial charge in [0.15, 0.2) is 0 Å². The number of nitrogens with one attached hydrogen (secondary N) is 1. The highest BCUT2D eigenvalue weighted by Gasteiger charge is 2.35. The van der Waals surface area contributed by atoms with E-state index in [1.54, 1.807) is 6.92 Å². The van der Waals surface area contributed by atoms with E-state index >= 15 is 0 Å². The van der Waals surface area contributed by atoms with Gasteiger partial charge in [0, 0.05) is 12.6 Å². The Morgan fingerprint density at radius 1 is 1.61 bits per heavy atom. The predicted octanol–water partition coefficient (Wildman–Crippen LogP) is 1.95. The van der Waals surface area contributed by atoms with Gasteiger partial charge in [-0.15, -0.1) is 0 Å². The molecule has 18 heavy (non-hydrogen) atoms. The van der Waals surface area contributed by atoms with E-state index < -0.39 is 11.5 Å². The Balaban J connectivity index is 2.60. The van der Waals surface area contributed by atoms with Crippen LogP contribution in [-0.2, 0) is 4.79 Å². The molecule has 1 heterocycles. The number of carboxylic acid groups (broad SMARTS) is 1. The third-order valence-corrected chi connectivity index (χ3v) is 4.05. The maximum Gasteiger partial charge on any atom is 0.323 e. The van der Waals surface area contributed by atoms with Crippen molar-refractivity contribution in [1.82, 2.24) is 10.2 Å². The number of aliphatic carboxylic acids is 1. The van der Waals surface area contributed by atoms with Crippen LogP contribution in [0.3, 0.4) is 0 Å². The van der Waals surface area contributed by atoms with Crippen molar-refractivity contribution in [3.63, 3.8) is 0 Å². The maximum absolute atomic E-state index is 11.4. The molecule has 4 nitrogen and oxygen atoms in total. The number of hydrogen-bond acceptors (Lipinski definition) is 3. The summed E-state index contributed by atoms with van der Waals surface area (Å²) in [5.41, 5.74) is -0.811. The number of carbonyl (C=O) groups is 1. The standard InChI is InChI=1S/C14H28N2O2/c1-5-15-14(4,13(17)18)9-12(3)16-8-6-7-11(2)10-16/h11-12,15H,5-10H2,1-4H3,(H,17,18). The second kappa shape index (κ2) is 6.53. The average molecular weight is 256 g/mol. The zero-order chi connectivity index (χ0) is 13.8. The molecule has 106 valence electrons. The van der Waals surface area contributed by atoms with Crippen LogP contribution in [0.1, 0.15) is 47.0 Å². The first-order chi connectivity index (χ1) is 8.39. The average Bonchev–Trinajstić information content (AvgIpc) is 2.29. The molecule has 1 aliphatic heterocycles. The third kappa shape index (κ3) is 3.95. The van der Waals surface area contributed by atoms with Gasteiger partial charge in [-0.2, -0.15) is 0 Å². The van der Waals surface area contributed by atoms with Gasteiger partial charge >= 0.3 is 5.97 Å². The monoisotopic (exact) mass is 256 g/mol. The van der Waals surface area contributed by atoms with Crippen molar-refractivity contribution in [3.05, 3.63) is 0 Å². The number of likely N-dealkylation sites (N-methyl/N-ethyl adjacent to an activating group) is 1. The van der Waals surface area contributed by atoms with Crippen LogP contribution in [0.15, 0.2) is 0 Å². The first-order valence-corrected chi connectivity index (χ1v) is 7.11. The molecule has 1 fully saturated rings. The van der Waals surface area contributed by atoms with E-state index in [0.717, 1.165) is 19.0 Å². The Bertz CT molecular complexity index is 283. The van der Waals surface area contributed by atoms with Crippen molar-refractivity contribution in [2.24, 2.45) is 5.92 Å². The largest absolute Gasteiger partial charge is 0.480 e. The lowest BCUT2D eigenvalue weighted by atomic mass is 9.90. The molecule has 2 N–H and O–H groups in total. The topological polar surface area (TPSA) is 52.6 Å². The SMILES string of the molecule is CCNC(C)(CC(C)N1CCCC(C)C1)C(=O)O. The molecule has 3 unspecified atom stereocenters. The number of hydrogen-bond donors (Lipinski definition) is 2. The summed E-state index contributed by atoms with van der Waals surface area (Å²) in [5.74, 6) is -0.0160. The van der Waals surface area contributed by atoms with Gasteiger partial charge in [-0.1, -0.05) is 13.8 Å². The van der Waals surface area contributed by atoms with Crippen molar-refractivity contribution in [2.45, 2.75) is 58.5 Å². The fourth-order valence-corrected chi connectivity index (χ4v) is 2.97. The first-order valence-electron chi connectivity index (χ1n) is 7.11. The molecule has 0 amide bonds. The summed E-state index contributed by atoms with van der Waals surface area (Å²) in [5, 5.41) is 12.5. The molecule has 0 aliphatic carbocycles. The van der Waals surface area contributed by atoms with E-state index in [0.29, 0.717) is 19.0 Å². The molecular formula is C14H28N2O2. The number of piperidine rings is 1. The van der Waals surface area contributed by atoms with Gasteiger partial charge in [-0.3, -0.25) is 4.79 Å². The van der Waals surface area contributed by atoms with E-state index in [-0.39, 0.29) is 0 Å². The Morgan fingerprint density at radius 2 is 2.28 bits per heavy atom. The van der Waals surface area contributed by atoms with Gasteiger partial charge in [0.05, 0.1) is 0 Å². The molecule has 0 bridgehead atoms. The summed E-state index contributed by atoms with van der Waals surface area (Å²) in [4.78, 5) is 13.8. The van der Waals surface area contributed by atoms with Crippen LogP contribution in [0.4, 0.5) is 0 Å². The van der Waals surface area contributed by atoms with E-state index in [4.69, 9.17) is 0 Å². The lowest BCUT2D eigenvalue weighted by Gasteiger charge is -2.39. The molecular weight excluding hydrogens is 228 g/mol. The summed E-state index contributed by atoms with van der Waals surface area (Å²) in [6.07, 6.45) is 3.19. The van der Waals surface area contributed by atoms with Crippen LogP contribution < -0.4 is 5.32 Å². The molecule has 0 aromatic rings. The summed E-state index contributed by atoms with van der Waals surface area (Å²) >= 11 is 0. The highest BCUT2D eigenvalue weighted by atomic mass is 16.4. The fourth-order valence-electron chi connectivity index (χ4n) is 2.97. The Morgan fingerprint density at radius 3 is 2.78 bits per heavy atom. The lowest BCUT2D eigenvalue weighted by molar-refractivity contribution is -0.145. The minimum atomic E-state index is -0.811. The zero-order valence-corrected chi connectivity index (χ0v) is 12.2. The molecule has 4 heteroatoms. The molecule has 0 spiro atoms. The van der Waals surface area contributed by atoms with Crippen molar-refractivity contribution in [1.29, 1.82) is 0 Å². The van der Waals surface area contributed by atoms with Gasteiger partial charge in [-0.05, 0) is 52.1 Å². The highest BCUT2D eigenvalue weighted by molar-refractivity contribution is 5.78. The van der Waals surface area contributed by atoms with Crippen LogP contribution >= 0.6 is 0 Å². The van der Waals surface area contributed by atoms with Gasteiger partial charge < -0.3 is 15.3 Å². The molecule has 3 atom stereocenters. The number of carboxylic acids is 1. The second-order valence-corrected chi connectivity index (χ2v) is 5.96. The Labute approximate surface area is 111 Å². The Hall–Kier alpha value is -0.610. The van der Waals surface area contributed by atoms with Crippen LogP contribution in [0, 0.1) is 5.92 Å². The summed E-state index contributed by atoms with van der Waals surface area (Å²) < 4.78 is 0. The van der Waals surface area contributed by atoms with E-state index in [1.807, 2.05) is 6.92 Å². The van der Waals surface area contributed by atoms with Crippen molar-refractivity contribution >= 4 is 5.97 Å². The van der Waals surface area contributed by atoms with E-state index in [9.17, 15) is 9.90 Å². The Kier molecular flexibility index (Phi) is 5.60. The number of nitrogens with zero attached hydrogens (tertiary/aromatic N) is 1. The van der Waals surface area contributed by atoms with Gasteiger partial charge in [0.2, 0.25) is 0 Å². The first kappa shape index (κ1) is 15.4. The van der Waals surface area contributed by atoms with Gasteiger partial charge in [0.25, 0.3) is 0 Å². The third-order valence-electron chi connectivity index (χ3n) is 4.05. The maximum atomic E-state index is 11.4. The molecule has 1 rings (SSSR count). The molecule has 0 aromatic heterocycles. The minimum Gasteiger partial charge on any atom is -0.480 e. The van der Waals surface area contributed by atoms with Crippen LogP contribution in [0.25, 0.3) is 0 Å². The lowest BCUT2D eigenvalue weighted by Crippen LogP contribution is -2.54. The molecule has 0 saturated carbocycles. The minimum absolute atomic E-state index is 0.313. The predicted molar refractivity (Wildman–Crippen MR) is 73.8 cm³/mol. The molecule has 1 saturated heterocycles. The highest BCUT2D eigenvalue weighted by Crippen LogP contribution is 2.22. The number of likely N-dealkylation sites (tertiary alicyclic amines) is 1. The van der Waals surface area contributed by atoms with Crippen LogP contribution in [0.2, 0.25) is 0 Å².